The third-order valence-corrected chi connectivity index (χ3v) is 4.79. The highest BCUT2D eigenvalue weighted by Gasteiger charge is 2.18. The standard InChI is InChI=1S/C27H26.C2H6/c1-4-12-22(5-2)26(25-19-17-21(3)18-20-25)27(23-13-8-6-9-14-23)24-15-10-7-11-16-24;1-2/h4-10,12-15,17-20H,1-2,11,16H2,3H3;1-2H3/b22-12+,27-26-;. The molecule has 0 aromatic heterocycles. The van der Waals surface area contributed by atoms with Crippen LogP contribution in [-0.2, 0) is 0 Å². The van der Waals surface area contributed by atoms with E-state index in [4.69, 9.17) is 0 Å². The van der Waals surface area contributed by atoms with Gasteiger partial charge in [-0.2, -0.15) is 0 Å². The van der Waals surface area contributed by atoms with Gasteiger partial charge in [-0.15, -0.1) is 0 Å². The van der Waals surface area contributed by atoms with E-state index in [1.807, 2.05) is 32.1 Å². The van der Waals surface area contributed by atoms with E-state index < -0.39 is 0 Å². The maximum absolute atomic E-state index is 4.08. The Balaban J connectivity index is 0.00000145. The largest absolute Gasteiger partial charge is 0.0990 e. The molecule has 148 valence electrons. The van der Waals surface area contributed by atoms with Crippen molar-refractivity contribution < 1.29 is 0 Å². The minimum absolute atomic E-state index is 1.04. The van der Waals surface area contributed by atoms with Gasteiger partial charge < -0.3 is 0 Å². The third kappa shape index (κ3) is 5.68. The van der Waals surface area contributed by atoms with E-state index in [2.05, 4.69) is 92.9 Å². The lowest BCUT2D eigenvalue weighted by Crippen LogP contribution is -2.00. The molecule has 0 saturated heterocycles. The summed E-state index contributed by atoms with van der Waals surface area (Å²) < 4.78 is 0. The van der Waals surface area contributed by atoms with Gasteiger partial charge in [-0.1, -0.05) is 124 Å². The molecule has 0 spiro atoms. The maximum atomic E-state index is 4.08. The highest BCUT2D eigenvalue weighted by Crippen LogP contribution is 2.39. The first kappa shape index (κ1) is 22.2. The van der Waals surface area contributed by atoms with Crippen LogP contribution in [0.5, 0.6) is 0 Å². The minimum Gasteiger partial charge on any atom is -0.0990 e. The lowest BCUT2D eigenvalue weighted by atomic mass is 9.82. The molecule has 1 aliphatic carbocycles. The van der Waals surface area contributed by atoms with Crippen LogP contribution in [0.4, 0.5) is 0 Å². The Kier molecular flexibility index (Phi) is 8.92. The molecule has 0 heterocycles. The van der Waals surface area contributed by atoms with Crippen molar-refractivity contribution in [1.29, 1.82) is 0 Å². The zero-order valence-corrected chi connectivity index (χ0v) is 18.0. The molecule has 0 bridgehead atoms. The highest BCUT2D eigenvalue weighted by atomic mass is 14.2. The van der Waals surface area contributed by atoms with Gasteiger partial charge in [-0.3, -0.25) is 0 Å². The molecule has 0 amide bonds. The van der Waals surface area contributed by atoms with Gasteiger partial charge in [0.05, 0.1) is 0 Å². The van der Waals surface area contributed by atoms with Crippen molar-refractivity contribution in [2.45, 2.75) is 33.6 Å². The second-order valence-corrected chi connectivity index (χ2v) is 6.70. The molecule has 0 fully saturated rings. The van der Waals surface area contributed by atoms with Gasteiger partial charge in [0.25, 0.3) is 0 Å². The first-order valence-electron chi connectivity index (χ1n) is 10.4. The summed E-state index contributed by atoms with van der Waals surface area (Å²) in [6, 6.07) is 19.4. The number of aryl methyl sites for hydroxylation is 1. The molecule has 2 aromatic carbocycles. The van der Waals surface area contributed by atoms with E-state index in [0.29, 0.717) is 0 Å². The fourth-order valence-electron chi connectivity index (χ4n) is 3.46. The Bertz CT molecular complexity index is 929. The lowest BCUT2D eigenvalue weighted by Gasteiger charge is -2.21. The Labute approximate surface area is 177 Å². The summed E-state index contributed by atoms with van der Waals surface area (Å²) in [7, 11) is 0. The highest BCUT2D eigenvalue weighted by molar-refractivity contribution is 6.05. The quantitative estimate of drug-likeness (QED) is 0.348. The van der Waals surface area contributed by atoms with Crippen LogP contribution in [-0.4, -0.2) is 0 Å². The zero-order chi connectivity index (χ0) is 21.1. The molecule has 0 aliphatic heterocycles. The van der Waals surface area contributed by atoms with Crippen molar-refractivity contribution in [3.05, 3.63) is 132 Å². The average Bonchev–Trinajstić information content (AvgIpc) is 2.79. The van der Waals surface area contributed by atoms with Crippen molar-refractivity contribution in [2.24, 2.45) is 0 Å². The molecule has 1 aliphatic rings. The topological polar surface area (TPSA) is 0 Å². The monoisotopic (exact) mass is 380 g/mol. The summed E-state index contributed by atoms with van der Waals surface area (Å²) in [5.74, 6) is 0. The van der Waals surface area contributed by atoms with Crippen LogP contribution in [0.2, 0.25) is 0 Å². The van der Waals surface area contributed by atoms with E-state index in [1.165, 1.54) is 33.4 Å². The molecule has 0 heteroatoms. The van der Waals surface area contributed by atoms with Crippen molar-refractivity contribution in [2.75, 3.05) is 0 Å². The molecule has 0 nitrogen and oxygen atoms in total. The van der Waals surface area contributed by atoms with Crippen LogP contribution >= 0.6 is 0 Å². The molecule has 29 heavy (non-hydrogen) atoms. The smallest absolute Gasteiger partial charge is 0.00303 e. The van der Waals surface area contributed by atoms with Gasteiger partial charge in [0.1, 0.15) is 0 Å². The van der Waals surface area contributed by atoms with Gasteiger partial charge in [0, 0.05) is 0 Å². The molecule has 0 saturated carbocycles. The Hall–Kier alpha value is -3.12. The maximum Gasteiger partial charge on any atom is -0.00303 e. The number of hydrogen-bond donors (Lipinski definition) is 0. The van der Waals surface area contributed by atoms with Crippen LogP contribution in [0.15, 0.2) is 115 Å². The SMILES string of the molecule is C=C/C=C(C=C)/C(=C(/C1=CC=CCC1)c1ccccc1)c1ccc(C)cc1.CC. The zero-order valence-electron chi connectivity index (χ0n) is 18.0. The normalized spacial score (nSPS) is 14.2. The van der Waals surface area contributed by atoms with Gasteiger partial charge in [0.2, 0.25) is 0 Å². The van der Waals surface area contributed by atoms with Crippen molar-refractivity contribution in [3.8, 4) is 0 Å². The van der Waals surface area contributed by atoms with E-state index in [1.54, 1.807) is 0 Å². The summed E-state index contributed by atoms with van der Waals surface area (Å²) in [5.41, 5.74) is 8.61. The second kappa shape index (κ2) is 11.7. The summed E-state index contributed by atoms with van der Waals surface area (Å²) in [4.78, 5) is 0. The Morgan fingerprint density at radius 3 is 2.14 bits per heavy atom. The molecule has 0 unspecified atom stereocenters. The fourth-order valence-corrected chi connectivity index (χ4v) is 3.46. The molecule has 0 N–H and O–H groups in total. The molecule has 0 atom stereocenters. The van der Waals surface area contributed by atoms with Crippen molar-refractivity contribution >= 4 is 11.1 Å². The first-order chi connectivity index (χ1) is 14.2. The van der Waals surface area contributed by atoms with Gasteiger partial charge in [-0.05, 0) is 53.2 Å². The summed E-state index contributed by atoms with van der Waals surface area (Å²) in [6.07, 6.45) is 14.6. The van der Waals surface area contributed by atoms with Crippen molar-refractivity contribution in [3.63, 3.8) is 0 Å². The third-order valence-electron chi connectivity index (χ3n) is 4.79. The van der Waals surface area contributed by atoms with Crippen molar-refractivity contribution in [1.82, 2.24) is 0 Å². The Morgan fingerprint density at radius 2 is 1.59 bits per heavy atom. The van der Waals surface area contributed by atoms with Gasteiger partial charge in [-0.25, -0.2) is 0 Å². The van der Waals surface area contributed by atoms with Gasteiger partial charge in [0.15, 0.2) is 0 Å². The number of benzene rings is 2. The Morgan fingerprint density at radius 1 is 0.897 bits per heavy atom. The van der Waals surface area contributed by atoms with E-state index >= 15 is 0 Å². The lowest BCUT2D eigenvalue weighted by molar-refractivity contribution is 0.996. The predicted octanol–water partition coefficient (Wildman–Crippen LogP) is 8.51. The second-order valence-electron chi connectivity index (χ2n) is 6.70. The van der Waals surface area contributed by atoms with E-state index in [-0.39, 0.29) is 0 Å². The number of hydrogen-bond acceptors (Lipinski definition) is 0. The summed E-state index contributed by atoms with van der Waals surface area (Å²) in [6.45, 7) is 14.1. The first-order valence-corrected chi connectivity index (χ1v) is 10.4. The summed E-state index contributed by atoms with van der Waals surface area (Å²) in [5, 5.41) is 0. The summed E-state index contributed by atoms with van der Waals surface area (Å²) >= 11 is 0. The molecule has 3 rings (SSSR count). The van der Waals surface area contributed by atoms with Crippen LogP contribution in [0.1, 0.15) is 43.4 Å². The van der Waals surface area contributed by atoms with E-state index in [0.717, 1.165) is 18.4 Å². The molecule has 2 aromatic rings. The number of rotatable bonds is 6. The van der Waals surface area contributed by atoms with Crippen LogP contribution in [0.25, 0.3) is 11.1 Å². The molecule has 0 radical (unpaired) electrons. The van der Waals surface area contributed by atoms with E-state index in [9.17, 15) is 0 Å². The van der Waals surface area contributed by atoms with Crippen LogP contribution in [0.3, 0.4) is 0 Å². The predicted molar refractivity (Wildman–Crippen MR) is 131 cm³/mol. The fraction of sp³-hybridized carbons (Fsp3) is 0.172. The van der Waals surface area contributed by atoms with Crippen LogP contribution < -0.4 is 0 Å². The van der Waals surface area contributed by atoms with Crippen LogP contribution in [0, 0.1) is 6.92 Å². The minimum atomic E-state index is 1.04. The molecular weight excluding hydrogens is 348 g/mol. The number of allylic oxidation sites excluding steroid dienone is 10. The molecular formula is C29H32. The van der Waals surface area contributed by atoms with Gasteiger partial charge >= 0.3 is 0 Å². The average molecular weight is 381 g/mol.